The predicted molar refractivity (Wildman–Crippen MR) is 77.6 cm³/mol. The third kappa shape index (κ3) is 7.62. The molecule has 0 saturated heterocycles. The largest absolute Gasteiger partial charge is 0.352 e. The maximum Gasteiger partial charge on any atom is 0.312 e. The summed E-state index contributed by atoms with van der Waals surface area (Å²) in [5.41, 5.74) is 6.89. The molecule has 21 heavy (non-hydrogen) atoms. The molecule has 0 aliphatic rings. The molecule has 3 amide bonds. The van der Waals surface area contributed by atoms with Crippen molar-refractivity contribution in [2.75, 3.05) is 6.54 Å². The third-order valence-electron chi connectivity index (χ3n) is 3.11. The lowest BCUT2D eigenvalue weighted by molar-refractivity contribution is -0.131. The van der Waals surface area contributed by atoms with Gasteiger partial charge in [-0.2, -0.15) is 5.48 Å². The second-order valence-electron chi connectivity index (χ2n) is 5.17. The zero-order valence-electron chi connectivity index (χ0n) is 12.8. The average molecular weight is 302 g/mol. The first-order valence-electron chi connectivity index (χ1n) is 7.09. The monoisotopic (exact) mass is 302 g/mol. The van der Waals surface area contributed by atoms with E-state index in [2.05, 4.69) is 10.6 Å². The summed E-state index contributed by atoms with van der Waals surface area (Å²) in [6, 6.07) is -2.03. The maximum atomic E-state index is 12.0. The number of rotatable bonds is 10. The molecule has 6 N–H and O–H groups in total. The number of amides is 3. The molecular weight excluding hydrogens is 276 g/mol. The highest BCUT2D eigenvalue weighted by molar-refractivity contribution is 5.90. The standard InChI is InChI=1S/C13H26N4O4/c1-4-10(18)9(6-5-7-15-13(14)20)16-12(19)11(17-21)8(2)3/h8-9,11,17,21H,4-7H2,1-3H3,(H,16,19)(H3,14,15,20)/t9-,11-/m0/s1. The van der Waals surface area contributed by atoms with Gasteiger partial charge in [-0.3, -0.25) is 9.59 Å². The summed E-state index contributed by atoms with van der Waals surface area (Å²) < 4.78 is 0. The zero-order chi connectivity index (χ0) is 16.4. The van der Waals surface area contributed by atoms with E-state index in [9.17, 15) is 14.4 Å². The van der Waals surface area contributed by atoms with Crippen LogP contribution in [0.3, 0.4) is 0 Å². The van der Waals surface area contributed by atoms with Crippen LogP contribution in [0.5, 0.6) is 0 Å². The topological polar surface area (TPSA) is 134 Å². The van der Waals surface area contributed by atoms with Crippen LogP contribution in [0.15, 0.2) is 0 Å². The van der Waals surface area contributed by atoms with Crippen molar-refractivity contribution >= 4 is 17.7 Å². The van der Waals surface area contributed by atoms with Gasteiger partial charge in [0.15, 0.2) is 5.78 Å². The van der Waals surface area contributed by atoms with Gasteiger partial charge in [-0.15, -0.1) is 0 Å². The Morgan fingerprint density at radius 2 is 1.86 bits per heavy atom. The lowest BCUT2D eigenvalue weighted by Crippen LogP contribution is -2.51. The van der Waals surface area contributed by atoms with Crippen LogP contribution in [0.2, 0.25) is 0 Å². The molecular formula is C13H26N4O4. The number of ketones is 1. The molecule has 2 atom stereocenters. The number of nitrogens with one attached hydrogen (secondary N) is 3. The quantitative estimate of drug-likeness (QED) is 0.284. The number of nitrogens with two attached hydrogens (primary N) is 1. The van der Waals surface area contributed by atoms with E-state index in [0.717, 1.165) is 0 Å². The Kier molecular flexibility index (Phi) is 9.31. The number of hydrogen-bond donors (Lipinski definition) is 5. The summed E-state index contributed by atoms with van der Waals surface area (Å²) in [4.78, 5) is 34.4. The number of carbonyl (C=O) groups is 3. The molecule has 8 nitrogen and oxygen atoms in total. The highest BCUT2D eigenvalue weighted by atomic mass is 16.5. The van der Waals surface area contributed by atoms with Gasteiger partial charge < -0.3 is 21.6 Å². The molecule has 8 heteroatoms. The molecule has 0 rings (SSSR count). The SMILES string of the molecule is CCC(=O)[C@H](CCCNC(N)=O)NC(=O)[C@@H](NO)C(C)C. The van der Waals surface area contributed by atoms with Crippen LogP contribution in [0.1, 0.15) is 40.0 Å². The number of primary amides is 1. The molecule has 122 valence electrons. The highest BCUT2D eigenvalue weighted by Gasteiger charge is 2.26. The van der Waals surface area contributed by atoms with E-state index in [1.54, 1.807) is 20.8 Å². The maximum absolute atomic E-state index is 12.0. The van der Waals surface area contributed by atoms with Crippen molar-refractivity contribution < 1.29 is 19.6 Å². The van der Waals surface area contributed by atoms with Crippen molar-refractivity contribution in [2.24, 2.45) is 11.7 Å². The van der Waals surface area contributed by atoms with Gasteiger partial charge in [0, 0.05) is 13.0 Å². The molecule has 0 bridgehead atoms. The number of carbonyl (C=O) groups excluding carboxylic acids is 3. The molecule has 0 aliphatic carbocycles. The third-order valence-corrected chi connectivity index (χ3v) is 3.11. The van der Waals surface area contributed by atoms with Crippen LogP contribution in [-0.4, -0.2) is 41.6 Å². The summed E-state index contributed by atoms with van der Waals surface area (Å²) in [5.74, 6) is -0.645. The Labute approximate surface area is 124 Å². The number of urea groups is 1. The smallest absolute Gasteiger partial charge is 0.312 e. The lowest BCUT2D eigenvalue weighted by Gasteiger charge is -2.23. The van der Waals surface area contributed by atoms with E-state index in [1.165, 1.54) is 0 Å². The number of hydroxylamine groups is 1. The molecule has 0 aromatic carbocycles. The zero-order valence-corrected chi connectivity index (χ0v) is 12.8. The molecule has 0 aliphatic heterocycles. The fourth-order valence-electron chi connectivity index (χ4n) is 1.85. The lowest BCUT2D eigenvalue weighted by atomic mass is 10.0. The van der Waals surface area contributed by atoms with E-state index < -0.39 is 24.0 Å². The van der Waals surface area contributed by atoms with Gasteiger partial charge in [0.25, 0.3) is 0 Å². The summed E-state index contributed by atoms with van der Waals surface area (Å²) in [5, 5.41) is 14.1. The van der Waals surface area contributed by atoms with Crippen molar-refractivity contribution in [3.05, 3.63) is 0 Å². The van der Waals surface area contributed by atoms with Crippen LogP contribution in [0.4, 0.5) is 4.79 Å². The average Bonchev–Trinajstić information content (AvgIpc) is 2.41. The van der Waals surface area contributed by atoms with Crippen LogP contribution < -0.4 is 21.8 Å². The molecule has 0 saturated carbocycles. The Balaban J connectivity index is 4.51. The van der Waals surface area contributed by atoms with E-state index in [4.69, 9.17) is 10.9 Å². The summed E-state index contributed by atoms with van der Waals surface area (Å²) in [6.45, 7) is 5.61. The summed E-state index contributed by atoms with van der Waals surface area (Å²) in [6.07, 6.45) is 1.21. The van der Waals surface area contributed by atoms with Gasteiger partial charge in [-0.25, -0.2) is 4.79 Å². The Bertz CT molecular complexity index is 360. The molecule has 0 heterocycles. The summed E-state index contributed by atoms with van der Waals surface area (Å²) in [7, 11) is 0. The van der Waals surface area contributed by atoms with Crippen molar-refractivity contribution in [1.29, 1.82) is 0 Å². The molecule has 0 fully saturated rings. The summed E-state index contributed by atoms with van der Waals surface area (Å²) >= 11 is 0. The predicted octanol–water partition coefficient (Wildman–Crippen LogP) is -0.0978. The second kappa shape index (κ2) is 10.1. The van der Waals surface area contributed by atoms with Crippen LogP contribution in [0, 0.1) is 5.92 Å². The minimum atomic E-state index is -0.777. The Morgan fingerprint density at radius 3 is 2.29 bits per heavy atom. The first-order chi connectivity index (χ1) is 9.83. The van der Waals surface area contributed by atoms with Crippen molar-refractivity contribution in [2.45, 2.75) is 52.1 Å². The molecule has 0 radical (unpaired) electrons. The Morgan fingerprint density at radius 1 is 1.24 bits per heavy atom. The van der Waals surface area contributed by atoms with Crippen molar-refractivity contribution in [3.63, 3.8) is 0 Å². The fourth-order valence-corrected chi connectivity index (χ4v) is 1.85. The van der Waals surface area contributed by atoms with E-state index in [1.807, 2.05) is 5.48 Å². The van der Waals surface area contributed by atoms with Crippen molar-refractivity contribution in [3.8, 4) is 0 Å². The van der Waals surface area contributed by atoms with E-state index >= 15 is 0 Å². The van der Waals surface area contributed by atoms with Gasteiger partial charge in [0.1, 0.15) is 6.04 Å². The minimum absolute atomic E-state index is 0.0946. The van der Waals surface area contributed by atoms with Crippen LogP contribution in [0.25, 0.3) is 0 Å². The van der Waals surface area contributed by atoms with Gasteiger partial charge in [-0.1, -0.05) is 20.8 Å². The molecule has 0 unspecified atom stereocenters. The Hall–Kier alpha value is -1.67. The van der Waals surface area contributed by atoms with Gasteiger partial charge in [0.05, 0.1) is 6.04 Å². The van der Waals surface area contributed by atoms with Crippen LogP contribution in [-0.2, 0) is 9.59 Å². The molecule has 0 aromatic heterocycles. The van der Waals surface area contributed by atoms with Gasteiger partial charge in [0.2, 0.25) is 5.91 Å². The van der Waals surface area contributed by atoms with E-state index in [0.29, 0.717) is 25.8 Å². The second-order valence-corrected chi connectivity index (χ2v) is 5.17. The highest BCUT2D eigenvalue weighted by Crippen LogP contribution is 2.05. The minimum Gasteiger partial charge on any atom is -0.352 e. The van der Waals surface area contributed by atoms with E-state index in [-0.39, 0.29) is 11.7 Å². The normalized spacial score (nSPS) is 13.6. The molecule has 0 aromatic rings. The van der Waals surface area contributed by atoms with Crippen LogP contribution >= 0.6 is 0 Å². The van der Waals surface area contributed by atoms with Crippen molar-refractivity contribution in [1.82, 2.24) is 16.1 Å². The fraction of sp³-hybridized carbons (Fsp3) is 0.769. The molecule has 0 spiro atoms. The number of Topliss-reactive ketones (excluding diaryl/α,β-unsaturated/α-hetero) is 1. The first-order valence-corrected chi connectivity index (χ1v) is 7.09. The number of hydrogen-bond acceptors (Lipinski definition) is 5. The van der Waals surface area contributed by atoms with Gasteiger partial charge in [-0.05, 0) is 18.8 Å². The first kappa shape index (κ1) is 19.3. The van der Waals surface area contributed by atoms with Gasteiger partial charge >= 0.3 is 6.03 Å².